The van der Waals surface area contributed by atoms with E-state index in [1.54, 1.807) is 7.11 Å². The predicted octanol–water partition coefficient (Wildman–Crippen LogP) is 1.92. The van der Waals surface area contributed by atoms with Gasteiger partial charge in [-0.05, 0) is 19.1 Å². The topological polar surface area (TPSA) is 50.4 Å². The fraction of sp³-hybridized carbons (Fsp3) is 0.462. The Balaban J connectivity index is 2.37. The van der Waals surface area contributed by atoms with Crippen LogP contribution in [0.2, 0.25) is 0 Å². The number of nitrogens with one attached hydrogen (secondary N) is 2. The molecule has 1 aromatic carbocycles. The first-order valence-corrected chi connectivity index (χ1v) is 6.00. The number of anilines is 1. The number of carbonyl (C=O) groups excluding carboxylic acids is 1. The summed E-state index contributed by atoms with van der Waals surface area (Å²) in [4.78, 5) is 11.5. The zero-order valence-corrected chi connectivity index (χ0v) is 11.0. The number of methoxy groups -OCH3 is 1. The third-order valence-electron chi connectivity index (χ3n) is 2.46. The number of halogens is 2. The summed E-state index contributed by atoms with van der Waals surface area (Å²) >= 11 is 0. The number of hydrogen-bond donors (Lipinski definition) is 2. The second-order valence-electron chi connectivity index (χ2n) is 4.23. The minimum absolute atomic E-state index is 0.128. The van der Waals surface area contributed by atoms with Crippen molar-refractivity contribution in [3.8, 4) is 0 Å². The fourth-order valence-electron chi connectivity index (χ4n) is 1.55. The van der Waals surface area contributed by atoms with Gasteiger partial charge in [0.25, 0.3) is 0 Å². The van der Waals surface area contributed by atoms with E-state index in [1.807, 2.05) is 6.92 Å². The maximum atomic E-state index is 13.3. The van der Waals surface area contributed by atoms with Gasteiger partial charge in [-0.25, -0.2) is 8.78 Å². The Morgan fingerprint density at radius 2 is 2.16 bits per heavy atom. The summed E-state index contributed by atoms with van der Waals surface area (Å²) < 4.78 is 31.1. The van der Waals surface area contributed by atoms with Gasteiger partial charge in [0.2, 0.25) is 5.91 Å². The van der Waals surface area contributed by atoms with Gasteiger partial charge in [-0.15, -0.1) is 0 Å². The first-order valence-electron chi connectivity index (χ1n) is 6.00. The highest BCUT2D eigenvalue weighted by molar-refractivity contribution is 5.90. The Hall–Kier alpha value is -1.53. The second-order valence-corrected chi connectivity index (χ2v) is 4.23. The molecule has 1 amide bonds. The highest BCUT2D eigenvalue weighted by Gasteiger charge is 2.08. The van der Waals surface area contributed by atoms with Crippen LogP contribution in [0.15, 0.2) is 18.2 Å². The number of amides is 1. The van der Waals surface area contributed by atoms with Crippen LogP contribution in [0.25, 0.3) is 0 Å². The molecule has 0 saturated carbocycles. The molecule has 2 N–H and O–H groups in total. The molecule has 1 aromatic rings. The molecule has 0 heterocycles. The van der Waals surface area contributed by atoms with E-state index >= 15 is 0 Å². The summed E-state index contributed by atoms with van der Waals surface area (Å²) in [6, 6.07) is 3.06. The lowest BCUT2D eigenvalue weighted by Gasteiger charge is -2.12. The molecule has 0 fully saturated rings. The van der Waals surface area contributed by atoms with Gasteiger partial charge in [0, 0.05) is 32.2 Å². The van der Waals surface area contributed by atoms with Crippen molar-refractivity contribution in [2.24, 2.45) is 0 Å². The molecule has 106 valence electrons. The molecule has 0 spiro atoms. The molecule has 0 unspecified atom stereocenters. The van der Waals surface area contributed by atoms with Crippen molar-refractivity contribution in [1.29, 1.82) is 0 Å². The van der Waals surface area contributed by atoms with Crippen LogP contribution in [-0.4, -0.2) is 32.2 Å². The Kier molecular flexibility index (Phi) is 6.38. The summed E-state index contributed by atoms with van der Waals surface area (Å²) in [5.74, 6) is -1.62. The van der Waals surface area contributed by atoms with E-state index in [9.17, 15) is 13.6 Å². The zero-order valence-electron chi connectivity index (χ0n) is 11.0. The molecular formula is C13H18F2N2O2. The van der Waals surface area contributed by atoms with Crippen LogP contribution in [0.5, 0.6) is 0 Å². The third kappa shape index (κ3) is 5.76. The van der Waals surface area contributed by atoms with Crippen molar-refractivity contribution >= 4 is 11.6 Å². The van der Waals surface area contributed by atoms with Gasteiger partial charge >= 0.3 is 0 Å². The molecule has 0 aliphatic carbocycles. The Labute approximate surface area is 111 Å². The minimum atomic E-state index is -0.657. The van der Waals surface area contributed by atoms with E-state index in [4.69, 9.17) is 4.74 Å². The summed E-state index contributed by atoms with van der Waals surface area (Å²) in [5.41, 5.74) is -0.144. The standard InChI is InChI=1S/C13H18F2N2O2/c1-9(8-19-2)16-6-5-13(18)17-12-7-10(14)3-4-11(12)15/h3-4,7,9,16H,5-6,8H2,1-2H3,(H,17,18)/t9-/m0/s1. The maximum absolute atomic E-state index is 13.3. The molecule has 0 aromatic heterocycles. The molecule has 4 nitrogen and oxygen atoms in total. The van der Waals surface area contributed by atoms with E-state index in [-0.39, 0.29) is 24.1 Å². The molecule has 0 aliphatic heterocycles. The van der Waals surface area contributed by atoms with Crippen LogP contribution < -0.4 is 10.6 Å². The molecule has 19 heavy (non-hydrogen) atoms. The highest BCUT2D eigenvalue weighted by atomic mass is 19.1. The molecule has 0 saturated heterocycles. The van der Waals surface area contributed by atoms with E-state index in [2.05, 4.69) is 10.6 Å². The van der Waals surface area contributed by atoms with E-state index in [0.29, 0.717) is 13.2 Å². The van der Waals surface area contributed by atoms with Crippen LogP contribution >= 0.6 is 0 Å². The van der Waals surface area contributed by atoms with Crippen LogP contribution in [0.1, 0.15) is 13.3 Å². The largest absolute Gasteiger partial charge is 0.383 e. The summed E-state index contributed by atoms with van der Waals surface area (Å²) in [6.45, 7) is 2.90. The van der Waals surface area contributed by atoms with Gasteiger partial charge in [-0.1, -0.05) is 0 Å². The monoisotopic (exact) mass is 272 g/mol. The minimum Gasteiger partial charge on any atom is -0.383 e. The van der Waals surface area contributed by atoms with Crippen molar-refractivity contribution in [3.05, 3.63) is 29.8 Å². The Bertz CT molecular complexity index is 427. The van der Waals surface area contributed by atoms with Gasteiger partial charge in [0.05, 0.1) is 12.3 Å². The van der Waals surface area contributed by atoms with Gasteiger partial charge in [0.1, 0.15) is 11.6 Å². The lowest BCUT2D eigenvalue weighted by molar-refractivity contribution is -0.116. The lowest BCUT2D eigenvalue weighted by atomic mass is 10.2. The van der Waals surface area contributed by atoms with Crippen molar-refractivity contribution in [2.75, 3.05) is 25.6 Å². The van der Waals surface area contributed by atoms with Gasteiger partial charge in [-0.2, -0.15) is 0 Å². The number of ether oxygens (including phenoxy) is 1. The number of hydrogen-bond acceptors (Lipinski definition) is 3. The summed E-state index contributed by atoms with van der Waals surface area (Å²) in [6.07, 6.45) is 0.171. The van der Waals surface area contributed by atoms with Crippen molar-refractivity contribution in [1.82, 2.24) is 5.32 Å². The van der Waals surface area contributed by atoms with Crippen molar-refractivity contribution in [3.63, 3.8) is 0 Å². The van der Waals surface area contributed by atoms with Crippen LogP contribution in [-0.2, 0) is 9.53 Å². The molecule has 1 rings (SSSR count). The van der Waals surface area contributed by atoms with E-state index in [1.165, 1.54) is 0 Å². The first-order chi connectivity index (χ1) is 9.02. The Morgan fingerprint density at radius 3 is 2.84 bits per heavy atom. The fourth-order valence-corrected chi connectivity index (χ4v) is 1.55. The lowest BCUT2D eigenvalue weighted by Crippen LogP contribution is -2.32. The normalized spacial score (nSPS) is 12.2. The van der Waals surface area contributed by atoms with Crippen molar-refractivity contribution in [2.45, 2.75) is 19.4 Å². The maximum Gasteiger partial charge on any atom is 0.225 e. The molecule has 0 bridgehead atoms. The number of benzene rings is 1. The predicted molar refractivity (Wildman–Crippen MR) is 68.9 cm³/mol. The van der Waals surface area contributed by atoms with Gasteiger partial charge in [-0.3, -0.25) is 4.79 Å². The third-order valence-corrected chi connectivity index (χ3v) is 2.46. The average Bonchev–Trinajstić information content (AvgIpc) is 2.34. The van der Waals surface area contributed by atoms with Crippen LogP contribution in [0.3, 0.4) is 0 Å². The zero-order chi connectivity index (χ0) is 14.3. The van der Waals surface area contributed by atoms with Crippen molar-refractivity contribution < 1.29 is 18.3 Å². The summed E-state index contributed by atoms with van der Waals surface area (Å²) in [7, 11) is 1.59. The molecular weight excluding hydrogens is 254 g/mol. The quantitative estimate of drug-likeness (QED) is 0.797. The van der Waals surface area contributed by atoms with E-state index < -0.39 is 11.6 Å². The van der Waals surface area contributed by atoms with E-state index in [0.717, 1.165) is 18.2 Å². The van der Waals surface area contributed by atoms with Gasteiger partial charge in [0.15, 0.2) is 0 Å². The molecule has 1 atom stereocenters. The molecule has 6 heteroatoms. The average molecular weight is 272 g/mol. The highest BCUT2D eigenvalue weighted by Crippen LogP contribution is 2.15. The first kappa shape index (κ1) is 15.5. The Morgan fingerprint density at radius 1 is 1.42 bits per heavy atom. The van der Waals surface area contributed by atoms with Crippen LogP contribution in [0.4, 0.5) is 14.5 Å². The SMILES string of the molecule is COC[C@H](C)NCCC(=O)Nc1cc(F)ccc1F. The number of rotatable bonds is 7. The van der Waals surface area contributed by atoms with Gasteiger partial charge < -0.3 is 15.4 Å². The second kappa shape index (κ2) is 7.81. The number of carbonyl (C=O) groups is 1. The smallest absolute Gasteiger partial charge is 0.225 e. The summed E-state index contributed by atoms with van der Waals surface area (Å²) in [5, 5.41) is 5.40. The molecule has 0 radical (unpaired) electrons. The van der Waals surface area contributed by atoms with Crippen LogP contribution in [0, 0.1) is 11.6 Å². The molecule has 0 aliphatic rings.